The second-order valence-electron chi connectivity index (χ2n) is 8.35. The van der Waals surface area contributed by atoms with Crippen LogP contribution in [0.5, 0.6) is 0 Å². The lowest BCUT2D eigenvalue weighted by atomic mass is 9.97. The second-order valence-corrected chi connectivity index (χ2v) is 8.35. The quantitative estimate of drug-likeness (QED) is 0.665. The highest BCUT2D eigenvalue weighted by atomic mass is 16.5. The molecule has 8 nitrogen and oxygen atoms in total. The number of amides is 1. The van der Waals surface area contributed by atoms with Crippen molar-refractivity contribution in [2.75, 3.05) is 65.6 Å². The van der Waals surface area contributed by atoms with E-state index in [1.54, 1.807) is 10.7 Å². The van der Waals surface area contributed by atoms with Gasteiger partial charge in [0.2, 0.25) is 5.91 Å². The number of hydrogen-bond acceptors (Lipinski definition) is 6. The third kappa shape index (κ3) is 5.43. The molecule has 2 fully saturated rings. The predicted molar refractivity (Wildman–Crippen MR) is 110 cm³/mol. The fraction of sp³-hybridized carbons (Fsp3) is 0.762. The summed E-state index contributed by atoms with van der Waals surface area (Å²) in [5.74, 6) is 0.115. The Bertz CT molecular complexity index is 757. The summed E-state index contributed by atoms with van der Waals surface area (Å²) in [4.78, 5) is 31.1. The van der Waals surface area contributed by atoms with Gasteiger partial charge in [0.1, 0.15) is 6.61 Å². The van der Waals surface area contributed by atoms with Gasteiger partial charge in [-0.05, 0) is 37.7 Å². The molecule has 8 heteroatoms. The lowest BCUT2D eigenvalue weighted by molar-refractivity contribution is -0.134. The van der Waals surface area contributed by atoms with E-state index in [0.29, 0.717) is 13.2 Å². The zero-order chi connectivity index (χ0) is 20.1. The summed E-state index contributed by atoms with van der Waals surface area (Å²) in [6, 6.07) is 1.80. The first-order valence-electron chi connectivity index (χ1n) is 11.1. The number of fused-ring (bicyclic) bond motifs is 1. The van der Waals surface area contributed by atoms with E-state index in [1.165, 1.54) is 12.8 Å². The van der Waals surface area contributed by atoms with Gasteiger partial charge >= 0.3 is 0 Å². The number of rotatable bonds is 6. The number of aryl methyl sites for hydroxylation is 2. The van der Waals surface area contributed by atoms with Crippen molar-refractivity contribution in [3.63, 3.8) is 0 Å². The Morgan fingerprint density at radius 2 is 1.59 bits per heavy atom. The molecule has 1 amide bonds. The fourth-order valence-corrected chi connectivity index (χ4v) is 4.47. The smallest absolute Gasteiger partial charge is 0.267 e. The van der Waals surface area contributed by atoms with Crippen LogP contribution in [0.4, 0.5) is 0 Å². The normalized spacial score (nSPS) is 21.8. The summed E-state index contributed by atoms with van der Waals surface area (Å²) in [7, 11) is 0. The first kappa shape index (κ1) is 20.5. The molecule has 0 saturated carbocycles. The van der Waals surface area contributed by atoms with E-state index in [4.69, 9.17) is 4.74 Å². The monoisotopic (exact) mass is 403 g/mol. The molecule has 0 spiro atoms. The van der Waals surface area contributed by atoms with Crippen LogP contribution in [-0.2, 0) is 28.9 Å². The topological polar surface area (TPSA) is 70.9 Å². The molecule has 0 N–H and O–H groups in total. The van der Waals surface area contributed by atoms with Crippen LogP contribution in [0.1, 0.15) is 30.5 Å². The number of piperazine rings is 1. The average molecular weight is 404 g/mol. The molecule has 0 unspecified atom stereocenters. The molecule has 0 radical (unpaired) electrons. The van der Waals surface area contributed by atoms with Crippen molar-refractivity contribution >= 4 is 5.91 Å². The van der Waals surface area contributed by atoms with Crippen LogP contribution >= 0.6 is 0 Å². The third-order valence-corrected chi connectivity index (χ3v) is 6.35. The zero-order valence-electron chi connectivity index (χ0n) is 17.4. The van der Waals surface area contributed by atoms with Crippen LogP contribution in [0.25, 0.3) is 0 Å². The Kier molecular flexibility index (Phi) is 6.94. The average Bonchev–Trinajstić information content (AvgIpc) is 2.95. The number of ether oxygens (including phenoxy) is 1. The Hall–Kier alpha value is -1.77. The van der Waals surface area contributed by atoms with Crippen molar-refractivity contribution in [3.05, 3.63) is 27.7 Å². The summed E-state index contributed by atoms with van der Waals surface area (Å²) >= 11 is 0. The maximum Gasteiger partial charge on any atom is 0.267 e. The fourth-order valence-electron chi connectivity index (χ4n) is 4.47. The molecule has 2 saturated heterocycles. The van der Waals surface area contributed by atoms with Gasteiger partial charge in [0.05, 0.1) is 12.2 Å². The highest BCUT2D eigenvalue weighted by Gasteiger charge is 2.21. The van der Waals surface area contributed by atoms with Crippen molar-refractivity contribution < 1.29 is 9.53 Å². The van der Waals surface area contributed by atoms with Crippen LogP contribution in [-0.4, -0.2) is 96.0 Å². The van der Waals surface area contributed by atoms with Gasteiger partial charge in [0, 0.05) is 65.0 Å². The van der Waals surface area contributed by atoms with Crippen molar-refractivity contribution in [1.82, 2.24) is 24.5 Å². The summed E-state index contributed by atoms with van der Waals surface area (Å²) in [6.45, 7) is 8.95. The van der Waals surface area contributed by atoms with Crippen molar-refractivity contribution in [2.45, 2.75) is 38.6 Å². The molecule has 1 aromatic heterocycles. The molecule has 3 heterocycles. The number of aromatic nitrogens is 2. The zero-order valence-corrected chi connectivity index (χ0v) is 17.4. The minimum absolute atomic E-state index is 0.0374. The molecule has 0 aromatic carbocycles. The van der Waals surface area contributed by atoms with Gasteiger partial charge in [-0.1, -0.05) is 0 Å². The summed E-state index contributed by atoms with van der Waals surface area (Å²) < 4.78 is 6.96. The molecule has 1 aromatic rings. The molecule has 2 aliphatic heterocycles. The second kappa shape index (κ2) is 9.82. The van der Waals surface area contributed by atoms with E-state index in [2.05, 4.69) is 14.9 Å². The lowest BCUT2D eigenvalue weighted by Crippen LogP contribution is -2.50. The van der Waals surface area contributed by atoms with Gasteiger partial charge in [-0.25, -0.2) is 4.68 Å². The largest absolute Gasteiger partial charge is 0.372 e. The van der Waals surface area contributed by atoms with E-state index in [0.717, 1.165) is 82.9 Å². The van der Waals surface area contributed by atoms with E-state index in [1.807, 2.05) is 4.90 Å². The highest BCUT2D eigenvalue weighted by Crippen LogP contribution is 2.16. The highest BCUT2D eigenvalue weighted by molar-refractivity contribution is 5.77. The summed E-state index contributed by atoms with van der Waals surface area (Å²) in [6.07, 6.45) is 5.27. The summed E-state index contributed by atoms with van der Waals surface area (Å²) in [5.41, 5.74) is 2.31. The molecular weight excluding hydrogens is 370 g/mol. The third-order valence-electron chi connectivity index (χ3n) is 6.35. The number of carbonyl (C=O) groups is 1. The van der Waals surface area contributed by atoms with Crippen molar-refractivity contribution in [2.24, 2.45) is 0 Å². The molecule has 4 rings (SSSR count). The Labute approximate surface area is 172 Å². The molecule has 1 aliphatic carbocycles. The minimum Gasteiger partial charge on any atom is -0.372 e. The van der Waals surface area contributed by atoms with Gasteiger partial charge in [-0.3, -0.25) is 19.4 Å². The molecule has 0 atom stereocenters. The van der Waals surface area contributed by atoms with Crippen LogP contribution in [0.3, 0.4) is 0 Å². The van der Waals surface area contributed by atoms with Crippen LogP contribution in [0.2, 0.25) is 0 Å². The van der Waals surface area contributed by atoms with Gasteiger partial charge in [-0.15, -0.1) is 0 Å². The van der Waals surface area contributed by atoms with Gasteiger partial charge in [0.15, 0.2) is 0 Å². The van der Waals surface area contributed by atoms with Crippen molar-refractivity contribution in [3.8, 4) is 0 Å². The minimum atomic E-state index is 0.0374. The van der Waals surface area contributed by atoms with E-state index in [-0.39, 0.29) is 18.1 Å². The Morgan fingerprint density at radius 3 is 2.38 bits per heavy atom. The standard InChI is InChI=1S/C21H33N5O3/c27-20-16-18-4-1-2-5-19(18)22-26(20)14-12-24-9-7-23(8-10-24)11-13-25-6-3-15-29-17-21(25)28/h16H,1-15,17H2. The Morgan fingerprint density at radius 1 is 0.862 bits per heavy atom. The van der Waals surface area contributed by atoms with Crippen molar-refractivity contribution in [1.29, 1.82) is 0 Å². The number of carbonyl (C=O) groups excluding carboxylic acids is 1. The Balaban J connectivity index is 1.20. The first-order valence-corrected chi connectivity index (χ1v) is 11.1. The lowest BCUT2D eigenvalue weighted by Gasteiger charge is -2.35. The molecular formula is C21H33N5O3. The van der Waals surface area contributed by atoms with E-state index in [9.17, 15) is 9.59 Å². The van der Waals surface area contributed by atoms with Crippen LogP contribution in [0, 0.1) is 0 Å². The predicted octanol–water partition coefficient (Wildman–Crippen LogP) is -0.0114. The van der Waals surface area contributed by atoms with E-state index >= 15 is 0 Å². The molecule has 0 bridgehead atoms. The van der Waals surface area contributed by atoms with E-state index < -0.39 is 0 Å². The first-order chi connectivity index (χ1) is 14.2. The molecule has 160 valence electrons. The number of hydrogen-bond donors (Lipinski definition) is 0. The van der Waals surface area contributed by atoms with Crippen LogP contribution in [0.15, 0.2) is 10.9 Å². The molecule has 29 heavy (non-hydrogen) atoms. The SMILES string of the molecule is O=C1COCCCN1CCN1CCN(CCn2nc3c(cc2=O)CCCC3)CC1. The maximum absolute atomic E-state index is 12.3. The van der Waals surface area contributed by atoms with Crippen LogP contribution < -0.4 is 5.56 Å². The number of nitrogens with zero attached hydrogens (tertiary/aromatic N) is 5. The maximum atomic E-state index is 12.3. The van der Waals surface area contributed by atoms with Gasteiger partial charge in [0.25, 0.3) is 5.56 Å². The van der Waals surface area contributed by atoms with Gasteiger partial charge in [-0.2, -0.15) is 5.10 Å². The van der Waals surface area contributed by atoms with Gasteiger partial charge < -0.3 is 9.64 Å². The summed E-state index contributed by atoms with van der Waals surface area (Å²) in [5, 5.41) is 4.63. The molecule has 3 aliphatic rings.